The van der Waals surface area contributed by atoms with Crippen LogP contribution in [-0.2, 0) is 0 Å². The number of nitrogens with zero attached hydrogens (tertiary/aromatic N) is 1. The minimum Gasteiger partial charge on any atom is -0.349 e. The first kappa shape index (κ1) is 12.6. The molecule has 4 atom stereocenters. The number of aromatic nitrogens is 1. The van der Waals surface area contributed by atoms with E-state index in [0.29, 0.717) is 17.4 Å². The van der Waals surface area contributed by atoms with Gasteiger partial charge in [-0.05, 0) is 64.9 Å². The van der Waals surface area contributed by atoms with Gasteiger partial charge in [-0.25, -0.2) is 10.8 Å². The lowest BCUT2D eigenvalue weighted by atomic mass is 10.0. The molecule has 106 valence electrons. The summed E-state index contributed by atoms with van der Waals surface area (Å²) in [4.78, 5) is 16.5. The first-order valence-corrected chi connectivity index (χ1v) is 7.91. The minimum absolute atomic E-state index is 0.0782. The van der Waals surface area contributed by atoms with Gasteiger partial charge in [-0.1, -0.05) is 0 Å². The SMILES string of the molecule is NNc1ncc(Br)cc1C(=O)NC1C2C3CCC(C3)C12. The van der Waals surface area contributed by atoms with Gasteiger partial charge in [0.1, 0.15) is 0 Å². The van der Waals surface area contributed by atoms with Crippen LogP contribution in [-0.4, -0.2) is 16.9 Å². The number of hydrogen-bond donors (Lipinski definition) is 3. The largest absolute Gasteiger partial charge is 0.349 e. The smallest absolute Gasteiger partial charge is 0.255 e. The van der Waals surface area contributed by atoms with Crippen LogP contribution in [0.25, 0.3) is 0 Å². The lowest BCUT2D eigenvalue weighted by Crippen LogP contribution is -2.31. The molecule has 3 fully saturated rings. The molecule has 0 aliphatic heterocycles. The molecule has 3 saturated carbocycles. The molecule has 1 aromatic heterocycles. The fraction of sp³-hybridized carbons (Fsp3) is 0.571. The highest BCUT2D eigenvalue weighted by Crippen LogP contribution is 2.65. The van der Waals surface area contributed by atoms with Crippen molar-refractivity contribution in [2.24, 2.45) is 29.5 Å². The molecule has 0 saturated heterocycles. The third kappa shape index (κ3) is 1.78. The summed E-state index contributed by atoms with van der Waals surface area (Å²) in [5.41, 5.74) is 2.98. The lowest BCUT2D eigenvalue weighted by Gasteiger charge is -2.12. The zero-order valence-electron chi connectivity index (χ0n) is 11.0. The van der Waals surface area contributed by atoms with E-state index >= 15 is 0 Å². The predicted molar refractivity (Wildman–Crippen MR) is 78.8 cm³/mol. The average molecular weight is 337 g/mol. The molecule has 0 spiro atoms. The van der Waals surface area contributed by atoms with E-state index in [2.05, 4.69) is 31.7 Å². The van der Waals surface area contributed by atoms with Gasteiger partial charge < -0.3 is 10.7 Å². The zero-order valence-corrected chi connectivity index (χ0v) is 12.6. The van der Waals surface area contributed by atoms with Crippen LogP contribution in [0.2, 0.25) is 0 Å². The van der Waals surface area contributed by atoms with Crippen LogP contribution in [0.3, 0.4) is 0 Å². The number of nitrogens with one attached hydrogen (secondary N) is 2. The van der Waals surface area contributed by atoms with Gasteiger partial charge in [-0.2, -0.15) is 0 Å². The van der Waals surface area contributed by atoms with Crippen LogP contribution < -0.4 is 16.6 Å². The Kier molecular flexibility index (Phi) is 2.79. The summed E-state index contributed by atoms with van der Waals surface area (Å²) < 4.78 is 0.776. The van der Waals surface area contributed by atoms with Crippen molar-refractivity contribution in [3.8, 4) is 0 Å². The second kappa shape index (κ2) is 4.43. The molecular weight excluding hydrogens is 320 g/mol. The number of fused-ring (bicyclic) bond motifs is 5. The van der Waals surface area contributed by atoms with Crippen molar-refractivity contribution in [1.29, 1.82) is 0 Å². The van der Waals surface area contributed by atoms with Crippen LogP contribution in [0.4, 0.5) is 5.82 Å². The summed E-state index contributed by atoms with van der Waals surface area (Å²) in [5, 5.41) is 3.18. The Morgan fingerprint density at radius 2 is 2.05 bits per heavy atom. The van der Waals surface area contributed by atoms with Crippen molar-refractivity contribution in [1.82, 2.24) is 10.3 Å². The average Bonchev–Trinajstić information content (AvgIpc) is 2.84. The van der Waals surface area contributed by atoms with Crippen LogP contribution >= 0.6 is 15.9 Å². The Bertz CT molecular complexity index is 562. The fourth-order valence-electron chi connectivity index (χ4n) is 4.47. The Labute approximate surface area is 125 Å². The molecule has 0 radical (unpaired) electrons. The Balaban J connectivity index is 1.50. The second-order valence-corrected chi connectivity index (χ2v) is 7.10. The van der Waals surface area contributed by atoms with Crippen molar-refractivity contribution >= 4 is 27.7 Å². The number of rotatable bonds is 3. The van der Waals surface area contributed by atoms with Crippen molar-refractivity contribution in [3.63, 3.8) is 0 Å². The van der Waals surface area contributed by atoms with Gasteiger partial charge in [0.05, 0.1) is 5.56 Å². The normalized spacial score (nSPS) is 36.6. The number of halogens is 1. The predicted octanol–water partition coefficient (Wildman–Crippen LogP) is 1.90. The number of anilines is 1. The number of amides is 1. The summed E-state index contributed by atoms with van der Waals surface area (Å²) in [6, 6.07) is 2.13. The molecule has 1 amide bonds. The monoisotopic (exact) mass is 336 g/mol. The number of nitrogen functional groups attached to an aromatic ring is 1. The zero-order chi connectivity index (χ0) is 13.9. The van der Waals surface area contributed by atoms with Gasteiger partial charge >= 0.3 is 0 Å². The van der Waals surface area contributed by atoms with Crippen LogP contribution in [0.5, 0.6) is 0 Å². The Hall–Kier alpha value is -1.14. The lowest BCUT2D eigenvalue weighted by molar-refractivity contribution is 0.0944. The van der Waals surface area contributed by atoms with Gasteiger partial charge in [0.15, 0.2) is 5.82 Å². The molecule has 4 rings (SSSR count). The van der Waals surface area contributed by atoms with E-state index in [4.69, 9.17) is 5.84 Å². The van der Waals surface area contributed by atoms with Crippen molar-refractivity contribution in [3.05, 3.63) is 22.3 Å². The standard InChI is InChI=1S/C14H17BrN4O/c15-8-4-9(13(19-16)17-5-8)14(20)18-12-10-6-1-2-7(3-6)11(10)12/h4-7,10-12H,1-3,16H2,(H,17,19)(H,18,20). The molecule has 20 heavy (non-hydrogen) atoms. The number of hydrogen-bond acceptors (Lipinski definition) is 4. The summed E-state index contributed by atoms with van der Waals surface area (Å²) >= 11 is 3.34. The molecule has 3 aliphatic carbocycles. The maximum Gasteiger partial charge on any atom is 0.255 e. The third-order valence-corrected chi connectivity index (χ3v) is 5.70. The molecule has 1 heterocycles. The summed E-state index contributed by atoms with van der Waals surface area (Å²) in [7, 11) is 0. The summed E-state index contributed by atoms with van der Waals surface area (Å²) in [6.45, 7) is 0. The highest BCUT2D eigenvalue weighted by Gasteiger charge is 2.65. The number of carbonyl (C=O) groups is 1. The summed E-state index contributed by atoms with van der Waals surface area (Å²) in [6.07, 6.45) is 5.71. The van der Waals surface area contributed by atoms with Crippen LogP contribution in [0, 0.1) is 23.7 Å². The first-order chi connectivity index (χ1) is 9.69. The van der Waals surface area contributed by atoms with Crippen LogP contribution in [0.1, 0.15) is 29.6 Å². The van der Waals surface area contributed by atoms with E-state index in [-0.39, 0.29) is 5.91 Å². The topological polar surface area (TPSA) is 80.0 Å². The van der Waals surface area contributed by atoms with Gasteiger partial charge in [0, 0.05) is 16.7 Å². The van der Waals surface area contributed by atoms with E-state index in [1.165, 1.54) is 19.3 Å². The number of carbonyl (C=O) groups excluding carboxylic acids is 1. The molecule has 4 unspecified atom stereocenters. The van der Waals surface area contributed by atoms with Crippen molar-refractivity contribution in [2.75, 3.05) is 5.43 Å². The number of hydrazine groups is 1. The Morgan fingerprint density at radius 1 is 1.35 bits per heavy atom. The van der Waals surface area contributed by atoms with E-state index in [1.54, 1.807) is 12.3 Å². The van der Waals surface area contributed by atoms with Gasteiger partial charge in [-0.3, -0.25) is 4.79 Å². The fourth-order valence-corrected chi connectivity index (χ4v) is 4.81. The Morgan fingerprint density at radius 3 is 2.70 bits per heavy atom. The van der Waals surface area contributed by atoms with E-state index in [1.807, 2.05) is 0 Å². The van der Waals surface area contributed by atoms with Crippen molar-refractivity contribution in [2.45, 2.75) is 25.3 Å². The highest BCUT2D eigenvalue weighted by molar-refractivity contribution is 9.10. The minimum atomic E-state index is -0.0782. The number of pyridine rings is 1. The number of nitrogens with two attached hydrogens (primary N) is 1. The quantitative estimate of drug-likeness (QED) is 0.581. The molecule has 2 bridgehead atoms. The molecule has 5 nitrogen and oxygen atoms in total. The maximum atomic E-state index is 12.4. The first-order valence-electron chi connectivity index (χ1n) is 7.12. The molecule has 6 heteroatoms. The molecule has 3 aliphatic rings. The third-order valence-electron chi connectivity index (χ3n) is 5.27. The van der Waals surface area contributed by atoms with Crippen LogP contribution in [0.15, 0.2) is 16.7 Å². The molecule has 0 aromatic carbocycles. The maximum absolute atomic E-state index is 12.4. The van der Waals surface area contributed by atoms with E-state index < -0.39 is 0 Å². The van der Waals surface area contributed by atoms with E-state index in [9.17, 15) is 4.79 Å². The molecule has 1 aromatic rings. The van der Waals surface area contributed by atoms with Crippen molar-refractivity contribution < 1.29 is 4.79 Å². The summed E-state index contributed by atoms with van der Waals surface area (Å²) in [5.74, 6) is 8.92. The second-order valence-electron chi connectivity index (χ2n) is 6.18. The van der Waals surface area contributed by atoms with Gasteiger partial charge in [0.25, 0.3) is 5.91 Å². The van der Waals surface area contributed by atoms with Gasteiger partial charge in [-0.15, -0.1) is 0 Å². The highest BCUT2D eigenvalue weighted by atomic mass is 79.9. The van der Waals surface area contributed by atoms with Gasteiger partial charge in [0.2, 0.25) is 0 Å². The van der Waals surface area contributed by atoms with E-state index in [0.717, 1.165) is 28.1 Å². The molecular formula is C14H17BrN4O. The molecule has 4 N–H and O–H groups in total.